The zero-order chi connectivity index (χ0) is 17.3. The Labute approximate surface area is 156 Å². The number of amides is 2. The van der Waals surface area contributed by atoms with E-state index in [0.717, 1.165) is 26.7 Å². The Kier molecular flexibility index (Phi) is 4.99. The summed E-state index contributed by atoms with van der Waals surface area (Å²) in [4.78, 5) is 26.3. The molecule has 2 aromatic rings. The van der Waals surface area contributed by atoms with Gasteiger partial charge >= 0.3 is 0 Å². The lowest BCUT2D eigenvalue weighted by Gasteiger charge is -2.13. The molecule has 3 rings (SSSR count). The van der Waals surface area contributed by atoms with E-state index in [9.17, 15) is 9.59 Å². The summed E-state index contributed by atoms with van der Waals surface area (Å²) in [5.41, 5.74) is 1.17. The zero-order valence-electron chi connectivity index (χ0n) is 12.5. The Morgan fingerprint density at radius 1 is 1.21 bits per heavy atom. The van der Waals surface area contributed by atoms with Crippen molar-refractivity contribution in [3.63, 3.8) is 0 Å². The zero-order valence-corrected chi connectivity index (χ0v) is 15.6. The summed E-state index contributed by atoms with van der Waals surface area (Å²) in [6.07, 6.45) is 1.67. The van der Waals surface area contributed by atoms with E-state index in [0.29, 0.717) is 21.4 Å². The average molecular weight is 425 g/mol. The molecule has 0 bridgehead atoms. The van der Waals surface area contributed by atoms with E-state index in [1.165, 1.54) is 0 Å². The number of methoxy groups -OCH3 is 1. The number of imide groups is 1. The summed E-state index contributed by atoms with van der Waals surface area (Å²) < 4.78 is 5.95. The third-order valence-electron chi connectivity index (χ3n) is 3.36. The van der Waals surface area contributed by atoms with Gasteiger partial charge in [0.15, 0.2) is 0 Å². The summed E-state index contributed by atoms with van der Waals surface area (Å²) in [5.74, 6) is 0.307. The highest BCUT2D eigenvalue weighted by atomic mass is 79.9. The van der Waals surface area contributed by atoms with Crippen LogP contribution in [0.25, 0.3) is 6.08 Å². The molecule has 0 N–H and O–H groups in total. The van der Waals surface area contributed by atoms with Crippen molar-refractivity contribution in [2.45, 2.75) is 0 Å². The van der Waals surface area contributed by atoms with Crippen molar-refractivity contribution >= 4 is 62.2 Å². The van der Waals surface area contributed by atoms with Gasteiger partial charge in [0, 0.05) is 0 Å². The van der Waals surface area contributed by atoms with Gasteiger partial charge in [0.1, 0.15) is 5.75 Å². The number of ether oxygens (including phenoxy) is 1. The molecule has 2 aromatic carbocycles. The number of thioether (sulfide) groups is 1. The Morgan fingerprint density at radius 2 is 1.96 bits per heavy atom. The molecule has 122 valence electrons. The highest BCUT2D eigenvalue weighted by molar-refractivity contribution is 9.10. The van der Waals surface area contributed by atoms with Crippen LogP contribution in [-0.4, -0.2) is 18.3 Å². The molecule has 24 heavy (non-hydrogen) atoms. The third-order valence-corrected chi connectivity index (χ3v) is 5.17. The monoisotopic (exact) mass is 423 g/mol. The van der Waals surface area contributed by atoms with E-state index in [4.69, 9.17) is 16.3 Å². The fraction of sp³-hybridized carbons (Fsp3) is 0.0588. The quantitative estimate of drug-likeness (QED) is 0.623. The minimum atomic E-state index is -0.384. The van der Waals surface area contributed by atoms with Crippen LogP contribution < -0.4 is 9.64 Å². The molecular weight excluding hydrogens is 414 g/mol. The molecule has 2 amide bonds. The summed E-state index contributed by atoms with van der Waals surface area (Å²) in [7, 11) is 1.58. The maximum absolute atomic E-state index is 12.6. The second-order valence-electron chi connectivity index (χ2n) is 4.86. The number of halogens is 2. The molecule has 0 radical (unpaired) electrons. The molecule has 0 unspecified atom stereocenters. The van der Waals surface area contributed by atoms with Crippen LogP contribution in [0.15, 0.2) is 51.8 Å². The minimum Gasteiger partial charge on any atom is -0.496 e. The van der Waals surface area contributed by atoms with Crippen molar-refractivity contribution in [1.29, 1.82) is 0 Å². The Morgan fingerprint density at radius 3 is 2.62 bits per heavy atom. The van der Waals surface area contributed by atoms with E-state index in [1.807, 2.05) is 12.1 Å². The van der Waals surface area contributed by atoms with Crippen LogP contribution in [0.5, 0.6) is 5.75 Å². The van der Waals surface area contributed by atoms with Crippen molar-refractivity contribution < 1.29 is 14.3 Å². The normalized spacial score (nSPS) is 16.1. The van der Waals surface area contributed by atoms with E-state index in [1.54, 1.807) is 43.5 Å². The number of hydrogen-bond donors (Lipinski definition) is 0. The number of carbonyl (C=O) groups is 2. The fourth-order valence-electron chi connectivity index (χ4n) is 2.23. The average Bonchev–Trinajstić information content (AvgIpc) is 2.82. The van der Waals surface area contributed by atoms with E-state index < -0.39 is 0 Å². The molecule has 1 heterocycles. The van der Waals surface area contributed by atoms with Crippen LogP contribution in [0, 0.1) is 0 Å². The first-order valence-corrected chi connectivity index (χ1v) is 8.86. The molecule has 0 atom stereocenters. The largest absolute Gasteiger partial charge is 0.496 e. The third kappa shape index (κ3) is 3.22. The van der Waals surface area contributed by atoms with E-state index in [2.05, 4.69) is 15.9 Å². The van der Waals surface area contributed by atoms with E-state index >= 15 is 0 Å². The van der Waals surface area contributed by atoms with E-state index in [-0.39, 0.29) is 11.1 Å². The first-order valence-electron chi connectivity index (χ1n) is 6.87. The first-order chi connectivity index (χ1) is 11.5. The number of hydrogen-bond acceptors (Lipinski definition) is 4. The highest BCUT2D eigenvalue weighted by Crippen LogP contribution is 2.38. The predicted molar refractivity (Wildman–Crippen MR) is 101 cm³/mol. The van der Waals surface area contributed by atoms with Crippen molar-refractivity contribution in [3.8, 4) is 5.75 Å². The van der Waals surface area contributed by atoms with Gasteiger partial charge in [-0.05, 0) is 63.6 Å². The number of para-hydroxylation sites is 1. The number of carbonyl (C=O) groups excluding carboxylic acids is 2. The molecule has 0 saturated carbocycles. The second-order valence-corrected chi connectivity index (χ2v) is 7.12. The molecular formula is C17H11BrClNO3S. The van der Waals surface area contributed by atoms with Crippen molar-refractivity contribution in [2.24, 2.45) is 0 Å². The van der Waals surface area contributed by atoms with Crippen LogP contribution in [0.3, 0.4) is 0 Å². The van der Waals surface area contributed by atoms with Gasteiger partial charge in [0.05, 0.1) is 27.2 Å². The lowest BCUT2D eigenvalue weighted by molar-refractivity contribution is -0.113. The van der Waals surface area contributed by atoms with Gasteiger partial charge in [-0.15, -0.1) is 0 Å². The maximum Gasteiger partial charge on any atom is 0.298 e. The predicted octanol–water partition coefficient (Wildman–Crippen LogP) is 5.35. The molecule has 0 spiro atoms. The Balaban J connectivity index is 1.94. The van der Waals surface area contributed by atoms with Crippen LogP contribution >= 0.6 is 39.3 Å². The maximum atomic E-state index is 12.6. The molecule has 0 aliphatic carbocycles. The van der Waals surface area contributed by atoms with Crippen LogP contribution in [0.1, 0.15) is 5.56 Å². The topological polar surface area (TPSA) is 46.6 Å². The second kappa shape index (κ2) is 7.01. The van der Waals surface area contributed by atoms with Gasteiger partial charge in [-0.25, -0.2) is 4.90 Å². The number of anilines is 1. The van der Waals surface area contributed by atoms with Crippen molar-refractivity contribution in [1.82, 2.24) is 0 Å². The van der Waals surface area contributed by atoms with Gasteiger partial charge in [-0.3, -0.25) is 9.59 Å². The van der Waals surface area contributed by atoms with Gasteiger partial charge < -0.3 is 4.74 Å². The van der Waals surface area contributed by atoms with Crippen molar-refractivity contribution in [3.05, 3.63) is 62.4 Å². The van der Waals surface area contributed by atoms with Crippen LogP contribution in [0.4, 0.5) is 10.5 Å². The van der Waals surface area contributed by atoms with Gasteiger partial charge in [0.2, 0.25) is 0 Å². The molecule has 1 fully saturated rings. The molecule has 1 aliphatic heterocycles. The number of benzene rings is 2. The first kappa shape index (κ1) is 17.1. The highest BCUT2D eigenvalue weighted by Gasteiger charge is 2.37. The SMILES string of the molecule is COc1ccc(/C=C2\SC(=O)N(c3ccccc3Cl)C2=O)cc1Br. The van der Waals surface area contributed by atoms with Crippen LogP contribution in [0.2, 0.25) is 5.02 Å². The summed E-state index contributed by atoms with van der Waals surface area (Å²) in [6.45, 7) is 0. The number of rotatable bonds is 3. The van der Waals surface area contributed by atoms with Gasteiger partial charge in [0.25, 0.3) is 11.1 Å². The summed E-state index contributed by atoms with van der Waals surface area (Å²) in [5, 5.41) is -0.0137. The minimum absolute atomic E-state index is 0.344. The molecule has 1 aliphatic rings. The number of nitrogens with zero attached hydrogens (tertiary/aromatic N) is 1. The standard InChI is InChI=1S/C17H11BrClNO3S/c1-23-14-7-6-10(8-11(14)18)9-15-16(21)20(17(22)24-15)13-5-3-2-4-12(13)19/h2-9H,1H3/b15-9-. The lowest BCUT2D eigenvalue weighted by atomic mass is 10.2. The van der Waals surface area contributed by atoms with Crippen molar-refractivity contribution in [2.75, 3.05) is 12.0 Å². The summed E-state index contributed by atoms with van der Waals surface area (Å²) in [6, 6.07) is 12.2. The molecule has 7 heteroatoms. The van der Waals surface area contributed by atoms with Gasteiger partial charge in [-0.2, -0.15) is 0 Å². The molecule has 1 saturated heterocycles. The van der Waals surface area contributed by atoms with Gasteiger partial charge in [-0.1, -0.05) is 29.8 Å². The smallest absolute Gasteiger partial charge is 0.298 e. The Bertz CT molecular complexity index is 869. The molecule has 0 aromatic heterocycles. The molecule has 4 nitrogen and oxygen atoms in total. The summed E-state index contributed by atoms with van der Waals surface area (Å²) >= 11 is 10.4. The Hall–Kier alpha value is -1.76. The lowest BCUT2D eigenvalue weighted by Crippen LogP contribution is -2.27. The fourth-order valence-corrected chi connectivity index (χ4v) is 3.85. The van der Waals surface area contributed by atoms with Crippen LogP contribution in [-0.2, 0) is 4.79 Å².